The third-order valence-corrected chi connectivity index (χ3v) is 3.03. The number of hydrogen-bond acceptors (Lipinski definition) is 3. The summed E-state index contributed by atoms with van der Waals surface area (Å²) in [4.78, 5) is 0. The highest BCUT2D eigenvalue weighted by Gasteiger charge is 2.17. The summed E-state index contributed by atoms with van der Waals surface area (Å²) in [6.07, 6.45) is 0.734. The van der Waals surface area contributed by atoms with Crippen LogP contribution in [0.1, 0.15) is 52.7 Å². The van der Waals surface area contributed by atoms with E-state index >= 15 is 0 Å². The highest BCUT2D eigenvalue weighted by atomic mass is 19.1. The molecule has 4 heteroatoms. The highest BCUT2D eigenvalue weighted by molar-refractivity contribution is 5.95. The molecule has 0 heterocycles. The lowest BCUT2D eigenvalue weighted by Gasteiger charge is -2.14. The SMILES string of the molecule is CC.CC.CCOc1c(C#N)c(F)cc2cc(N)cc(CC)c12. The molecule has 0 amide bonds. The number of benzene rings is 2. The minimum atomic E-state index is -0.578. The van der Waals surface area contributed by atoms with Crippen molar-refractivity contribution in [2.24, 2.45) is 0 Å². The predicted molar refractivity (Wildman–Crippen MR) is 96.3 cm³/mol. The van der Waals surface area contributed by atoms with Gasteiger partial charge in [0.05, 0.1) is 6.61 Å². The molecular formula is C19H27FN2O. The number of nitrogens with two attached hydrogens (primary N) is 1. The molecule has 3 nitrogen and oxygen atoms in total. The summed E-state index contributed by atoms with van der Waals surface area (Å²) in [7, 11) is 0. The summed E-state index contributed by atoms with van der Waals surface area (Å²) in [5, 5.41) is 10.5. The largest absolute Gasteiger partial charge is 0.492 e. The first-order valence-corrected chi connectivity index (χ1v) is 8.19. The number of ether oxygens (including phenoxy) is 1. The van der Waals surface area contributed by atoms with Gasteiger partial charge in [0.15, 0.2) is 0 Å². The first kappa shape index (κ1) is 20.7. The Morgan fingerprint density at radius 2 is 1.74 bits per heavy atom. The zero-order valence-corrected chi connectivity index (χ0v) is 15.0. The van der Waals surface area contributed by atoms with E-state index in [1.165, 1.54) is 6.07 Å². The van der Waals surface area contributed by atoms with Gasteiger partial charge in [-0.05, 0) is 42.5 Å². The number of anilines is 1. The first-order chi connectivity index (χ1) is 11.1. The Hall–Kier alpha value is -2.28. The Balaban J connectivity index is 0.00000112. The fraction of sp³-hybridized carbons (Fsp3) is 0.421. The molecule has 0 fully saturated rings. The zero-order chi connectivity index (χ0) is 18.0. The Kier molecular flexibility index (Phi) is 9.41. The van der Waals surface area contributed by atoms with Gasteiger partial charge in [-0.25, -0.2) is 4.39 Å². The number of nitrogens with zero attached hydrogens (tertiary/aromatic N) is 1. The van der Waals surface area contributed by atoms with Crippen LogP contribution in [0.3, 0.4) is 0 Å². The molecule has 23 heavy (non-hydrogen) atoms. The molecule has 0 bridgehead atoms. The molecule has 0 radical (unpaired) electrons. The van der Waals surface area contributed by atoms with Gasteiger partial charge in [0.25, 0.3) is 0 Å². The third kappa shape index (κ3) is 4.59. The van der Waals surface area contributed by atoms with Gasteiger partial charge in [-0.3, -0.25) is 0 Å². The van der Waals surface area contributed by atoms with Crippen molar-refractivity contribution in [3.05, 3.63) is 35.1 Å². The van der Waals surface area contributed by atoms with Crippen molar-refractivity contribution >= 4 is 16.5 Å². The number of nitriles is 1. The maximum Gasteiger partial charge on any atom is 0.148 e. The molecule has 2 N–H and O–H groups in total. The number of fused-ring (bicyclic) bond motifs is 1. The van der Waals surface area contributed by atoms with Crippen LogP contribution in [0.2, 0.25) is 0 Å². The van der Waals surface area contributed by atoms with Crippen molar-refractivity contribution in [3.8, 4) is 11.8 Å². The van der Waals surface area contributed by atoms with E-state index in [4.69, 9.17) is 15.7 Å². The molecule has 0 aliphatic rings. The monoisotopic (exact) mass is 318 g/mol. The van der Waals surface area contributed by atoms with Crippen LogP contribution < -0.4 is 10.5 Å². The van der Waals surface area contributed by atoms with E-state index in [0.717, 1.165) is 17.4 Å². The molecule has 0 spiro atoms. The normalized spacial score (nSPS) is 9.13. The lowest BCUT2D eigenvalue weighted by Crippen LogP contribution is -2.01. The molecule has 0 saturated carbocycles. The second-order valence-electron chi connectivity index (χ2n) is 4.24. The molecule has 0 saturated heterocycles. The summed E-state index contributed by atoms with van der Waals surface area (Å²) in [5.41, 5.74) is 7.30. The van der Waals surface area contributed by atoms with Crippen molar-refractivity contribution in [1.82, 2.24) is 0 Å². The summed E-state index contributed by atoms with van der Waals surface area (Å²) in [5.74, 6) is -0.261. The number of halogens is 1. The van der Waals surface area contributed by atoms with Gasteiger partial charge in [-0.15, -0.1) is 0 Å². The lowest BCUT2D eigenvalue weighted by molar-refractivity contribution is 0.341. The van der Waals surface area contributed by atoms with Crippen LogP contribution in [0.4, 0.5) is 10.1 Å². The van der Waals surface area contributed by atoms with E-state index in [0.29, 0.717) is 23.4 Å². The van der Waals surface area contributed by atoms with E-state index in [1.54, 1.807) is 13.0 Å². The molecule has 2 aromatic rings. The Morgan fingerprint density at radius 3 is 2.22 bits per heavy atom. The fourth-order valence-corrected chi connectivity index (χ4v) is 2.26. The van der Waals surface area contributed by atoms with Crippen molar-refractivity contribution in [2.75, 3.05) is 12.3 Å². The molecule has 0 atom stereocenters. The van der Waals surface area contributed by atoms with Gasteiger partial charge in [-0.2, -0.15) is 5.26 Å². The molecule has 2 rings (SSSR count). The van der Waals surface area contributed by atoms with Gasteiger partial charge >= 0.3 is 0 Å². The topological polar surface area (TPSA) is 59.0 Å². The molecule has 0 aromatic heterocycles. The minimum Gasteiger partial charge on any atom is -0.492 e. The van der Waals surface area contributed by atoms with E-state index in [1.807, 2.05) is 46.8 Å². The highest BCUT2D eigenvalue weighted by Crippen LogP contribution is 2.36. The van der Waals surface area contributed by atoms with Crippen molar-refractivity contribution in [1.29, 1.82) is 5.26 Å². The van der Waals surface area contributed by atoms with Gasteiger partial charge in [0.2, 0.25) is 0 Å². The Labute approximate surface area is 138 Å². The van der Waals surface area contributed by atoms with Gasteiger partial charge in [-0.1, -0.05) is 34.6 Å². The van der Waals surface area contributed by atoms with E-state index in [9.17, 15) is 4.39 Å². The summed E-state index contributed by atoms with van der Waals surface area (Å²) in [6.45, 7) is 12.2. The second kappa shape index (κ2) is 10.4. The Bertz CT molecular complexity index is 675. The fourth-order valence-electron chi connectivity index (χ4n) is 2.26. The molecule has 126 valence electrons. The number of rotatable bonds is 3. The van der Waals surface area contributed by atoms with E-state index in [-0.39, 0.29) is 5.56 Å². The van der Waals surface area contributed by atoms with Crippen molar-refractivity contribution in [2.45, 2.75) is 48.0 Å². The minimum absolute atomic E-state index is 0.0474. The van der Waals surface area contributed by atoms with Crippen LogP contribution >= 0.6 is 0 Å². The van der Waals surface area contributed by atoms with Crippen molar-refractivity contribution < 1.29 is 9.13 Å². The molecule has 2 aromatic carbocycles. The average molecular weight is 318 g/mol. The second-order valence-corrected chi connectivity index (χ2v) is 4.24. The van der Waals surface area contributed by atoms with Crippen LogP contribution in [-0.4, -0.2) is 6.61 Å². The maximum atomic E-state index is 13.9. The smallest absolute Gasteiger partial charge is 0.148 e. The van der Waals surface area contributed by atoms with Crippen molar-refractivity contribution in [3.63, 3.8) is 0 Å². The van der Waals surface area contributed by atoms with E-state index < -0.39 is 5.82 Å². The van der Waals surface area contributed by atoms with Gasteiger partial charge in [0.1, 0.15) is 23.2 Å². The van der Waals surface area contributed by atoms with Crippen LogP contribution in [0.15, 0.2) is 18.2 Å². The summed E-state index contributed by atoms with van der Waals surface area (Å²) < 4.78 is 19.4. The first-order valence-electron chi connectivity index (χ1n) is 8.19. The van der Waals surface area contributed by atoms with Crippen LogP contribution in [0.25, 0.3) is 10.8 Å². The number of nitrogen functional groups attached to an aromatic ring is 1. The number of hydrogen-bond donors (Lipinski definition) is 1. The molecular weight excluding hydrogens is 291 g/mol. The van der Waals surface area contributed by atoms with Gasteiger partial charge in [0, 0.05) is 11.1 Å². The Morgan fingerprint density at radius 1 is 1.13 bits per heavy atom. The van der Waals surface area contributed by atoms with Crippen LogP contribution in [0.5, 0.6) is 5.75 Å². The molecule has 0 aliphatic heterocycles. The standard InChI is InChI=1S/C15H15FN2O.2C2H6/c1-3-9-5-11(18)6-10-7-13(16)12(8-17)15(14(9)10)19-4-2;2*1-2/h5-7H,3-4,18H2,1-2H3;2*1-2H3. The summed E-state index contributed by atoms with van der Waals surface area (Å²) >= 11 is 0. The van der Waals surface area contributed by atoms with E-state index in [2.05, 4.69) is 0 Å². The lowest BCUT2D eigenvalue weighted by atomic mass is 9.98. The molecule has 0 unspecified atom stereocenters. The molecule has 0 aliphatic carbocycles. The van der Waals surface area contributed by atoms with Crippen LogP contribution in [0, 0.1) is 17.1 Å². The van der Waals surface area contributed by atoms with Gasteiger partial charge < -0.3 is 10.5 Å². The number of aryl methyl sites for hydroxylation is 1. The van der Waals surface area contributed by atoms with Crippen LogP contribution in [-0.2, 0) is 6.42 Å². The summed E-state index contributed by atoms with van der Waals surface area (Å²) in [6, 6.07) is 6.75. The maximum absolute atomic E-state index is 13.9. The predicted octanol–water partition coefficient (Wildman–Crippen LogP) is 5.45. The average Bonchev–Trinajstić information content (AvgIpc) is 2.57. The zero-order valence-electron chi connectivity index (χ0n) is 15.0. The third-order valence-electron chi connectivity index (χ3n) is 3.03. The quantitative estimate of drug-likeness (QED) is 0.766.